The largest absolute Gasteiger partial charge is 0.478 e. The number of carbonyl (C=O) groups is 1. The molecule has 20 heavy (non-hydrogen) atoms. The standard InChI is InChI=1S/C11H10BrN3O4S/c1-6-10(5-13-14-6)20(18,19)15-9-4-7(12)2-3-8(9)11(16)17/h2-5,15H,1H3,(H,13,14)(H,16,17). The van der Waals surface area contributed by atoms with Crippen LogP contribution in [0.25, 0.3) is 0 Å². The van der Waals surface area contributed by atoms with E-state index < -0.39 is 16.0 Å². The van der Waals surface area contributed by atoms with Crippen molar-refractivity contribution >= 4 is 37.6 Å². The van der Waals surface area contributed by atoms with Gasteiger partial charge in [0, 0.05) is 4.47 Å². The Bertz CT molecular complexity index is 770. The molecule has 0 spiro atoms. The number of aromatic carboxylic acids is 1. The van der Waals surface area contributed by atoms with Crippen molar-refractivity contribution < 1.29 is 18.3 Å². The zero-order valence-corrected chi connectivity index (χ0v) is 12.6. The average molecular weight is 360 g/mol. The fourth-order valence-electron chi connectivity index (χ4n) is 1.60. The molecule has 0 unspecified atom stereocenters. The molecule has 1 aromatic heterocycles. The number of halogens is 1. The van der Waals surface area contributed by atoms with Gasteiger partial charge in [0.15, 0.2) is 0 Å². The first-order valence-corrected chi connectivity index (χ1v) is 7.64. The number of nitrogens with one attached hydrogen (secondary N) is 2. The van der Waals surface area contributed by atoms with Gasteiger partial charge in [0.25, 0.3) is 10.0 Å². The summed E-state index contributed by atoms with van der Waals surface area (Å²) in [6.45, 7) is 1.56. The second-order valence-corrected chi connectivity index (χ2v) is 6.53. The summed E-state index contributed by atoms with van der Waals surface area (Å²) in [5.41, 5.74) is 0.203. The van der Waals surface area contributed by atoms with E-state index in [1.807, 2.05) is 0 Å². The van der Waals surface area contributed by atoms with Crippen LogP contribution in [0, 0.1) is 6.92 Å². The number of benzene rings is 1. The smallest absolute Gasteiger partial charge is 0.337 e. The summed E-state index contributed by atoms with van der Waals surface area (Å²) in [5.74, 6) is -1.22. The number of nitrogens with zero attached hydrogens (tertiary/aromatic N) is 1. The molecule has 1 aromatic carbocycles. The van der Waals surface area contributed by atoms with E-state index in [9.17, 15) is 13.2 Å². The number of aryl methyl sites for hydroxylation is 1. The maximum absolute atomic E-state index is 12.2. The molecule has 0 saturated heterocycles. The Balaban J connectivity index is 2.47. The Morgan fingerprint density at radius 1 is 1.45 bits per heavy atom. The van der Waals surface area contributed by atoms with Crippen LogP contribution in [-0.4, -0.2) is 29.7 Å². The van der Waals surface area contributed by atoms with Crippen LogP contribution < -0.4 is 4.72 Å². The van der Waals surface area contributed by atoms with Crippen molar-refractivity contribution in [3.63, 3.8) is 0 Å². The van der Waals surface area contributed by atoms with Crippen molar-refractivity contribution in [2.75, 3.05) is 4.72 Å². The zero-order chi connectivity index (χ0) is 14.9. The predicted molar refractivity (Wildman–Crippen MR) is 75.2 cm³/mol. The van der Waals surface area contributed by atoms with Gasteiger partial charge in [-0.15, -0.1) is 0 Å². The van der Waals surface area contributed by atoms with Crippen LogP contribution in [0.4, 0.5) is 5.69 Å². The lowest BCUT2D eigenvalue weighted by Gasteiger charge is -2.10. The van der Waals surface area contributed by atoms with Gasteiger partial charge in [0.1, 0.15) is 4.90 Å². The summed E-state index contributed by atoms with van der Waals surface area (Å²) in [4.78, 5) is 11.1. The molecular weight excluding hydrogens is 350 g/mol. The lowest BCUT2D eigenvalue weighted by atomic mass is 10.2. The highest BCUT2D eigenvalue weighted by Crippen LogP contribution is 2.25. The molecule has 0 atom stereocenters. The summed E-state index contributed by atoms with van der Waals surface area (Å²) in [7, 11) is -3.90. The molecule has 2 rings (SSSR count). The van der Waals surface area contributed by atoms with Crippen LogP contribution in [0.1, 0.15) is 16.1 Å². The van der Waals surface area contributed by atoms with Crippen molar-refractivity contribution in [3.05, 3.63) is 40.1 Å². The Morgan fingerprint density at radius 3 is 2.70 bits per heavy atom. The molecule has 2 aromatic rings. The van der Waals surface area contributed by atoms with E-state index in [0.29, 0.717) is 10.2 Å². The number of carboxylic acids is 1. The molecule has 3 N–H and O–H groups in total. The molecule has 0 aliphatic rings. The summed E-state index contributed by atoms with van der Waals surface area (Å²) in [5, 5.41) is 15.2. The maximum Gasteiger partial charge on any atom is 0.337 e. The van der Waals surface area contributed by atoms with Gasteiger partial charge in [-0.2, -0.15) is 5.10 Å². The fraction of sp³-hybridized carbons (Fsp3) is 0.0909. The van der Waals surface area contributed by atoms with Gasteiger partial charge < -0.3 is 5.11 Å². The third kappa shape index (κ3) is 2.83. The number of sulfonamides is 1. The number of carboxylic acid groups (broad SMARTS) is 1. The Labute approximate surface area is 123 Å². The molecule has 9 heteroatoms. The van der Waals surface area contributed by atoms with E-state index in [4.69, 9.17) is 5.11 Å². The van der Waals surface area contributed by atoms with E-state index in [0.717, 1.165) is 6.20 Å². The third-order valence-corrected chi connectivity index (χ3v) is 4.50. The molecule has 106 valence electrons. The number of hydrogen-bond donors (Lipinski definition) is 3. The van der Waals surface area contributed by atoms with Gasteiger partial charge >= 0.3 is 5.97 Å². The first-order valence-electron chi connectivity index (χ1n) is 5.37. The van der Waals surface area contributed by atoms with Crippen LogP contribution in [0.3, 0.4) is 0 Å². The van der Waals surface area contributed by atoms with Crippen molar-refractivity contribution in [2.45, 2.75) is 11.8 Å². The number of hydrogen-bond acceptors (Lipinski definition) is 4. The van der Waals surface area contributed by atoms with Crippen molar-refractivity contribution in [1.29, 1.82) is 0 Å². The summed E-state index contributed by atoms with van der Waals surface area (Å²) >= 11 is 3.17. The summed E-state index contributed by atoms with van der Waals surface area (Å²) < 4.78 is 27.2. The molecular formula is C11H10BrN3O4S. The Hall–Kier alpha value is -1.87. The van der Waals surface area contributed by atoms with Crippen LogP contribution in [-0.2, 0) is 10.0 Å². The van der Waals surface area contributed by atoms with Crippen molar-refractivity contribution in [1.82, 2.24) is 10.2 Å². The van der Waals surface area contributed by atoms with E-state index >= 15 is 0 Å². The third-order valence-electron chi connectivity index (χ3n) is 2.53. The Morgan fingerprint density at radius 2 is 2.15 bits per heavy atom. The number of anilines is 1. The monoisotopic (exact) mass is 359 g/mol. The van der Waals surface area contributed by atoms with Gasteiger partial charge in [0.05, 0.1) is 23.1 Å². The number of aromatic nitrogens is 2. The molecule has 0 aliphatic heterocycles. The molecule has 1 heterocycles. The van der Waals surface area contributed by atoms with Crippen LogP contribution in [0.15, 0.2) is 33.8 Å². The SMILES string of the molecule is Cc1[nH]ncc1S(=O)(=O)Nc1cc(Br)ccc1C(=O)O. The van der Waals surface area contributed by atoms with Gasteiger partial charge in [-0.1, -0.05) is 15.9 Å². The van der Waals surface area contributed by atoms with Crippen LogP contribution in [0.5, 0.6) is 0 Å². The molecule has 0 bridgehead atoms. The number of H-pyrrole nitrogens is 1. The summed E-state index contributed by atoms with van der Waals surface area (Å²) in [6.07, 6.45) is 1.16. The summed E-state index contributed by atoms with van der Waals surface area (Å²) in [6, 6.07) is 4.22. The highest BCUT2D eigenvalue weighted by molar-refractivity contribution is 9.10. The minimum atomic E-state index is -3.90. The quantitative estimate of drug-likeness (QED) is 0.772. The molecule has 0 fully saturated rings. The molecule has 0 aliphatic carbocycles. The van der Waals surface area contributed by atoms with Gasteiger partial charge in [-0.25, -0.2) is 13.2 Å². The van der Waals surface area contributed by atoms with E-state index in [1.165, 1.54) is 18.2 Å². The van der Waals surface area contributed by atoms with Gasteiger partial charge in [0.2, 0.25) is 0 Å². The molecule has 0 radical (unpaired) electrons. The minimum Gasteiger partial charge on any atom is -0.478 e. The van der Waals surface area contributed by atoms with Crippen LogP contribution in [0.2, 0.25) is 0 Å². The molecule has 0 saturated carbocycles. The van der Waals surface area contributed by atoms with Crippen molar-refractivity contribution in [2.24, 2.45) is 0 Å². The fourth-order valence-corrected chi connectivity index (χ4v) is 3.17. The second kappa shape index (κ2) is 5.25. The highest BCUT2D eigenvalue weighted by atomic mass is 79.9. The van der Waals surface area contributed by atoms with E-state index in [1.54, 1.807) is 6.92 Å². The molecule has 7 nitrogen and oxygen atoms in total. The van der Waals surface area contributed by atoms with E-state index in [-0.39, 0.29) is 16.1 Å². The average Bonchev–Trinajstić information content (AvgIpc) is 2.75. The first-order chi connectivity index (χ1) is 9.31. The number of aromatic amines is 1. The second-order valence-electron chi connectivity index (χ2n) is 3.96. The van der Waals surface area contributed by atoms with Crippen molar-refractivity contribution in [3.8, 4) is 0 Å². The van der Waals surface area contributed by atoms with Gasteiger partial charge in [-0.05, 0) is 25.1 Å². The highest BCUT2D eigenvalue weighted by Gasteiger charge is 2.21. The van der Waals surface area contributed by atoms with E-state index in [2.05, 4.69) is 30.8 Å². The maximum atomic E-state index is 12.2. The predicted octanol–water partition coefficient (Wildman–Crippen LogP) is 1.98. The topological polar surface area (TPSA) is 112 Å². The lowest BCUT2D eigenvalue weighted by molar-refractivity contribution is 0.0698. The Kier molecular flexibility index (Phi) is 3.82. The number of rotatable bonds is 4. The minimum absolute atomic E-state index is 0.0209. The normalized spacial score (nSPS) is 11.3. The van der Waals surface area contributed by atoms with Gasteiger partial charge in [-0.3, -0.25) is 9.82 Å². The zero-order valence-electron chi connectivity index (χ0n) is 10.2. The lowest BCUT2D eigenvalue weighted by Crippen LogP contribution is -2.16. The van der Waals surface area contributed by atoms with Crippen LogP contribution >= 0.6 is 15.9 Å². The molecule has 0 amide bonds. The first kappa shape index (κ1) is 14.5.